The number of anilines is 1. The van der Waals surface area contributed by atoms with Gasteiger partial charge in [0.25, 0.3) is 11.8 Å². The molecule has 0 bridgehead atoms. The van der Waals surface area contributed by atoms with Crippen LogP contribution in [0, 0.1) is 11.6 Å². The number of β-lactam (4-membered cyclic amide) rings is 1. The van der Waals surface area contributed by atoms with E-state index >= 15 is 8.78 Å². The van der Waals surface area contributed by atoms with Gasteiger partial charge in [0.15, 0.2) is 11.6 Å². The number of amides is 2. The van der Waals surface area contributed by atoms with Crippen LogP contribution in [-0.2, 0) is 24.0 Å². The predicted molar refractivity (Wildman–Crippen MR) is 173 cm³/mol. The summed E-state index contributed by atoms with van der Waals surface area (Å²) >= 11 is 1.12. The monoisotopic (exact) mass is 712 g/mol. The Bertz CT molecular complexity index is 2060. The topological polar surface area (TPSA) is 199 Å². The van der Waals surface area contributed by atoms with Crippen molar-refractivity contribution >= 4 is 57.8 Å². The highest BCUT2D eigenvalue weighted by atomic mass is 32.2. The molecule has 0 spiro atoms. The molecule has 2 amide bonds. The molecule has 3 atom stereocenters. The van der Waals surface area contributed by atoms with Crippen molar-refractivity contribution in [2.24, 2.45) is 10.9 Å². The molecule has 4 aliphatic rings. The SMILES string of the molecule is CON=C(C(=O)N[C@@H]1C(=O)N2C(C(=O)O)=C(COC(=O)c3cn(C4CC4)c4c(F)c(N5CCC(N)C5)c(F)cc4c3=O)CS[C@H]12)c1ccco1. The van der Waals surface area contributed by atoms with E-state index in [1.54, 1.807) is 0 Å². The summed E-state index contributed by atoms with van der Waals surface area (Å²) in [6.45, 7) is 0.000821. The molecule has 18 heteroatoms. The number of rotatable bonds is 10. The minimum Gasteiger partial charge on any atom is -0.477 e. The third-order valence-electron chi connectivity index (χ3n) is 8.95. The number of nitrogens with one attached hydrogen (secondary N) is 1. The lowest BCUT2D eigenvalue weighted by molar-refractivity contribution is -0.150. The van der Waals surface area contributed by atoms with Gasteiger partial charge in [0.2, 0.25) is 11.1 Å². The van der Waals surface area contributed by atoms with Crippen molar-refractivity contribution in [1.82, 2.24) is 14.8 Å². The number of carbonyl (C=O) groups is 4. The first-order chi connectivity index (χ1) is 24.0. The number of nitrogens with two attached hydrogens (primary N) is 1. The first-order valence-electron chi connectivity index (χ1n) is 15.6. The maximum Gasteiger partial charge on any atom is 0.352 e. The van der Waals surface area contributed by atoms with E-state index in [9.17, 15) is 29.1 Å². The van der Waals surface area contributed by atoms with Crippen molar-refractivity contribution in [2.75, 3.05) is 37.5 Å². The molecule has 4 N–H and O–H groups in total. The average molecular weight is 713 g/mol. The Hall–Kier alpha value is -5.23. The standard InChI is InChI=1S/C32H30F2N6O9S/c1-47-37-22(20-3-2-8-48-20)28(42)36-23-29(43)40-24(31(44)45)14(13-50-30(23)40)12-49-32(46)18-11-39(16-4-5-16)25-17(27(18)41)9-19(33)26(21(25)34)38-7-6-15(35)10-38/h2-3,8-9,11,15-16,23,30H,4-7,10,12-13,35H2,1H3,(H,36,42)(H,44,45)/t15?,23-,30-/m1/s1. The molecule has 1 aromatic carbocycles. The number of ether oxygens (including phenoxy) is 1. The second-order valence-corrected chi connectivity index (χ2v) is 13.3. The van der Waals surface area contributed by atoms with Gasteiger partial charge >= 0.3 is 11.9 Å². The summed E-state index contributed by atoms with van der Waals surface area (Å²) in [6.07, 6.45) is 4.36. The summed E-state index contributed by atoms with van der Waals surface area (Å²) in [7, 11) is 1.23. The number of benzene rings is 1. The van der Waals surface area contributed by atoms with Gasteiger partial charge < -0.3 is 39.6 Å². The van der Waals surface area contributed by atoms with Crippen LogP contribution in [0.1, 0.15) is 41.4 Å². The largest absolute Gasteiger partial charge is 0.477 e. The number of carboxylic acid groups (broad SMARTS) is 1. The first-order valence-corrected chi connectivity index (χ1v) is 16.6. The zero-order valence-electron chi connectivity index (χ0n) is 26.4. The molecule has 3 aliphatic heterocycles. The van der Waals surface area contributed by atoms with Gasteiger partial charge in [0.05, 0.1) is 17.2 Å². The van der Waals surface area contributed by atoms with Crippen molar-refractivity contribution < 1.29 is 47.1 Å². The minimum absolute atomic E-state index is 0.00366. The van der Waals surface area contributed by atoms with Crippen molar-refractivity contribution in [3.05, 3.63) is 75.1 Å². The van der Waals surface area contributed by atoms with Gasteiger partial charge in [-0.15, -0.1) is 11.8 Å². The van der Waals surface area contributed by atoms with E-state index in [0.29, 0.717) is 25.8 Å². The van der Waals surface area contributed by atoms with Crippen LogP contribution in [0.5, 0.6) is 0 Å². The lowest BCUT2D eigenvalue weighted by Crippen LogP contribution is -2.71. The molecule has 3 fully saturated rings. The molecular weight excluding hydrogens is 682 g/mol. The van der Waals surface area contributed by atoms with Crippen molar-refractivity contribution in [2.45, 2.75) is 42.8 Å². The number of pyridine rings is 1. The lowest BCUT2D eigenvalue weighted by atomic mass is 10.0. The van der Waals surface area contributed by atoms with Crippen LogP contribution < -0.4 is 21.4 Å². The van der Waals surface area contributed by atoms with Gasteiger partial charge in [-0.05, 0) is 37.5 Å². The molecule has 262 valence electrons. The number of nitrogens with zero attached hydrogens (tertiary/aromatic N) is 4. The number of fused-ring (bicyclic) bond motifs is 2. The Balaban J connectivity index is 1.12. The van der Waals surface area contributed by atoms with Crippen LogP contribution in [0.2, 0.25) is 0 Å². The summed E-state index contributed by atoms with van der Waals surface area (Å²) in [4.78, 5) is 72.5. The molecule has 1 aliphatic carbocycles. The maximum absolute atomic E-state index is 16.0. The molecule has 5 heterocycles. The second kappa shape index (κ2) is 12.9. The van der Waals surface area contributed by atoms with E-state index in [-0.39, 0.29) is 58.0 Å². The number of furan rings is 1. The number of hydrogen-bond acceptors (Lipinski definition) is 12. The van der Waals surface area contributed by atoms with Crippen LogP contribution >= 0.6 is 11.8 Å². The smallest absolute Gasteiger partial charge is 0.352 e. The zero-order valence-corrected chi connectivity index (χ0v) is 27.2. The maximum atomic E-state index is 16.0. The first kappa shape index (κ1) is 33.3. The van der Waals surface area contributed by atoms with Gasteiger partial charge in [0.1, 0.15) is 47.9 Å². The molecule has 0 radical (unpaired) electrons. The molecule has 2 saturated heterocycles. The number of aliphatic carboxylic acids is 1. The predicted octanol–water partition coefficient (Wildman–Crippen LogP) is 1.69. The molecule has 50 heavy (non-hydrogen) atoms. The highest BCUT2D eigenvalue weighted by molar-refractivity contribution is 8.00. The van der Waals surface area contributed by atoms with Crippen LogP contribution in [0.4, 0.5) is 14.5 Å². The van der Waals surface area contributed by atoms with Gasteiger partial charge in [-0.3, -0.25) is 19.3 Å². The summed E-state index contributed by atoms with van der Waals surface area (Å²) in [6, 6.07) is 2.34. The van der Waals surface area contributed by atoms with Gasteiger partial charge in [-0.25, -0.2) is 18.4 Å². The second-order valence-electron chi connectivity index (χ2n) is 12.2. The number of hydrogen-bond donors (Lipinski definition) is 3. The molecule has 7 rings (SSSR count). The normalized spacial score (nSPS) is 22.0. The van der Waals surface area contributed by atoms with E-state index in [4.69, 9.17) is 19.7 Å². The third kappa shape index (κ3) is 5.67. The third-order valence-corrected chi connectivity index (χ3v) is 10.3. The number of carboxylic acids is 1. The molecule has 2 aromatic heterocycles. The molecule has 1 saturated carbocycles. The fourth-order valence-electron chi connectivity index (χ4n) is 6.44. The molecule has 15 nitrogen and oxygen atoms in total. The molecular formula is C32H30F2N6O9S. The number of carbonyl (C=O) groups excluding carboxylic acids is 3. The van der Waals surface area contributed by atoms with E-state index in [2.05, 4.69) is 10.5 Å². The Morgan fingerprint density at radius 3 is 2.64 bits per heavy atom. The average Bonchev–Trinajstić information content (AvgIpc) is 3.62. The number of aromatic nitrogens is 1. The van der Waals surface area contributed by atoms with Crippen molar-refractivity contribution in [3.8, 4) is 0 Å². The van der Waals surface area contributed by atoms with Crippen molar-refractivity contribution in [3.63, 3.8) is 0 Å². The Morgan fingerprint density at radius 1 is 1.22 bits per heavy atom. The van der Waals surface area contributed by atoms with E-state index in [1.165, 1.54) is 41.2 Å². The lowest BCUT2D eigenvalue weighted by Gasteiger charge is -2.49. The Morgan fingerprint density at radius 2 is 2.00 bits per heavy atom. The fourth-order valence-corrected chi connectivity index (χ4v) is 7.76. The number of esters is 1. The summed E-state index contributed by atoms with van der Waals surface area (Å²) in [5.74, 6) is -5.92. The van der Waals surface area contributed by atoms with Crippen LogP contribution in [0.25, 0.3) is 10.9 Å². The van der Waals surface area contributed by atoms with Crippen LogP contribution in [-0.4, -0.2) is 94.1 Å². The fraction of sp³-hybridized carbons (Fsp3) is 0.375. The highest BCUT2D eigenvalue weighted by Gasteiger charge is 2.54. The Labute approximate surface area is 285 Å². The Kier molecular flexibility index (Phi) is 8.59. The van der Waals surface area contributed by atoms with Gasteiger partial charge in [-0.2, -0.15) is 0 Å². The number of oxime groups is 1. The minimum atomic E-state index is -1.47. The zero-order chi connectivity index (χ0) is 35.4. The van der Waals surface area contributed by atoms with E-state index in [1.807, 2.05) is 0 Å². The van der Waals surface area contributed by atoms with E-state index in [0.717, 1.165) is 22.7 Å². The van der Waals surface area contributed by atoms with Gasteiger partial charge in [0, 0.05) is 42.7 Å². The van der Waals surface area contributed by atoms with Crippen molar-refractivity contribution in [1.29, 1.82) is 0 Å². The summed E-state index contributed by atoms with van der Waals surface area (Å²) in [5.41, 5.74) is 3.53. The molecule has 1 unspecified atom stereocenters. The molecule has 3 aromatic rings. The highest BCUT2D eigenvalue weighted by Crippen LogP contribution is 2.42. The number of thioether (sulfide) groups is 1. The quantitative estimate of drug-likeness (QED) is 0.119. The summed E-state index contributed by atoms with van der Waals surface area (Å²) < 4.78 is 43.4. The summed E-state index contributed by atoms with van der Waals surface area (Å²) in [5, 5.41) is 15.1. The van der Waals surface area contributed by atoms with Gasteiger partial charge in [-0.1, -0.05) is 5.16 Å². The van der Waals surface area contributed by atoms with Crippen LogP contribution in [0.3, 0.4) is 0 Å². The number of halogens is 2. The van der Waals surface area contributed by atoms with Crippen LogP contribution in [0.15, 0.2) is 56.3 Å². The van der Waals surface area contributed by atoms with E-state index < -0.39 is 70.1 Å².